The molecule has 0 atom stereocenters. The molecular weight excluding hydrogens is 440 g/mol. The van der Waals surface area contributed by atoms with Gasteiger partial charge < -0.3 is 4.74 Å². The van der Waals surface area contributed by atoms with Crippen molar-refractivity contribution in [3.8, 4) is 16.9 Å². The summed E-state index contributed by atoms with van der Waals surface area (Å²) in [4.78, 5) is 0.423. The number of sulfone groups is 1. The van der Waals surface area contributed by atoms with E-state index in [1.165, 1.54) is 44.9 Å². The first-order chi connectivity index (χ1) is 16.4. The van der Waals surface area contributed by atoms with E-state index >= 15 is 0 Å². The van der Waals surface area contributed by atoms with Gasteiger partial charge in [0.25, 0.3) is 0 Å². The van der Waals surface area contributed by atoms with Gasteiger partial charge >= 0.3 is 0 Å². The molecule has 4 heteroatoms. The zero-order valence-electron chi connectivity index (χ0n) is 22.0. The fourth-order valence-electron chi connectivity index (χ4n) is 4.45. The van der Waals surface area contributed by atoms with E-state index in [0.29, 0.717) is 4.90 Å². The molecule has 0 aliphatic heterocycles. The average molecular weight is 487 g/mol. The Balaban J connectivity index is 1.90. The highest BCUT2D eigenvalue weighted by Gasteiger charge is 2.14. The number of ether oxygens (including phenoxy) is 1. The third-order valence-electron chi connectivity index (χ3n) is 6.52. The van der Waals surface area contributed by atoms with Crippen molar-refractivity contribution in [2.24, 2.45) is 0 Å². The molecule has 2 aromatic carbocycles. The Morgan fingerprint density at radius 3 is 1.71 bits per heavy atom. The largest absolute Gasteiger partial charge is 0.493 e. The molecule has 0 heterocycles. The number of hydrogen-bond acceptors (Lipinski definition) is 3. The lowest BCUT2D eigenvalue weighted by atomic mass is 10.00. The number of aryl methyl sites for hydroxylation is 2. The van der Waals surface area contributed by atoms with Crippen LogP contribution in [0.2, 0.25) is 0 Å². The maximum Gasteiger partial charge on any atom is 0.178 e. The minimum atomic E-state index is -3.21. The Labute approximate surface area is 209 Å². The maximum atomic E-state index is 12.6. The van der Waals surface area contributed by atoms with E-state index in [9.17, 15) is 8.42 Å². The Morgan fingerprint density at radius 1 is 0.647 bits per heavy atom. The molecule has 0 aromatic heterocycles. The molecule has 0 aliphatic rings. The zero-order chi connectivity index (χ0) is 24.8. The van der Waals surface area contributed by atoms with Crippen LogP contribution in [0.1, 0.15) is 102 Å². The molecule has 0 spiro atoms. The third kappa shape index (κ3) is 9.44. The van der Waals surface area contributed by atoms with Gasteiger partial charge in [-0.2, -0.15) is 0 Å². The predicted molar refractivity (Wildman–Crippen MR) is 146 cm³/mol. The second kappa shape index (κ2) is 15.2. The predicted octanol–water partition coefficient (Wildman–Crippen LogP) is 8.84. The van der Waals surface area contributed by atoms with Crippen LogP contribution < -0.4 is 4.74 Å². The van der Waals surface area contributed by atoms with E-state index in [0.717, 1.165) is 66.7 Å². The SMILES string of the molecule is CCCCCCCCCCOc1c(C)cc(-c2ccc(S(=O)(=O)CCCCCC)cc2)cc1C. The van der Waals surface area contributed by atoms with Gasteiger partial charge in [0.05, 0.1) is 17.3 Å². The summed E-state index contributed by atoms with van der Waals surface area (Å²) in [5.41, 5.74) is 4.39. The van der Waals surface area contributed by atoms with Crippen molar-refractivity contribution in [1.82, 2.24) is 0 Å². The summed E-state index contributed by atoms with van der Waals surface area (Å²) in [6.07, 6.45) is 14.3. The van der Waals surface area contributed by atoms with Gasteiger partial charge in [-0.1, -0.05) is 90.2 Å². The molecule has 0 N–H and O–H groups in total. The van der Waals surface area contributed by atoms with Crippen LogP contribution in [0.4, 0.5) is 0 Å². The monoisotopic (exact) mass is 486 g/mol. The first-order valence-electron chi connectivity index (χ1n) is 13.5. The summed E-state index contributed by atoms with van der Waals surface area (Å²) in [6, 6.07) is 11.6. The first kappa shape index (κ1) is 28.4. The van der Waals surface area contributed by atoms with Gasteiger partial charge in [-0.3, -0.25) is 0 Å². The Kier molecular flexibility index (Phi) is 12.7. The third-order valence-corrected chi connectivity index (χ3v) is 8.33. The van der Waals surface area contributed by atoms with Crippen LogP contribution in [0.25, 0.3) is 11.1 Å². The molecule has 34 heavy (non-hydrogen) atoms. The average Bonchev–Trinajstić information content (AvgIpc) is 2.82. The molecule has 0 amide bonds. The van der Waals surface area contributed by atoms with Crippen molar-refractivity contribution in [1.29, 1.82) is 0 Å². The van der Waals surface area contributed by atoms with Gasteiger partial charge in [-0.15, -0.1) is 0 Å². The fourth-order valence-corrected chi connectivity index (χ4v) is 5.82. The zero-order valence-corrected chi connectivity index (χ0v) is 22.8. The molecule has 0 aliphatic carbocycles. The van der Waals surface area contributed by atoms with Crippen LogP contribution in [0.5, 0.6) is 5.75 Å². The van der Waals surface area contributed by atoms with E-state index in [1.54, 1.807) is 12.1 Å². The Morgan fingerprint density at radius 2 is 1.15 bits per heavy atom. The summed E-state index contributed by atoms with van der Waals surface area (Å²) in [5, 5.41) is 0. The summed E-state index contributed by atoms with van der Waals surface area (Å²) in [5.74, 6) is 1.22. The molecule has 0 saturated heterocycles. The molecule has 190 valence electrons. The molecule has 0 unspecified atom stereocenters. The van der Waals surface area contributed by atoms with Crippen molar-refractivity contribution < 1.29 is 13.2 Å². The quantitative estimate of drug-likeness (QED) is 0.210. The topological polar surface area (TPSA) is 43.4 Å². The number of rotatable bonds is 17. The standard InChI is InChI=1S/C30H46O3S/c1-5-7-9-11-12-13-14-15-21-33-30-25(3)23-28(24-26(30)4)27-17-19-29(20-18-27)34(31,32)22-16-10-8-6-2/h17-20,23-24H,5-16,21-22H2,1-4H3. The van der Waals surface area contributed by atoms with Crippen LogP contribution in [0.3, 0.4) is 0 Å². The fraction of sp³-hybridized carbons (Fsp3) is 0.600. The number of benzene rings is 2. The molecule has 2 rings (SSSR count). The van der Waals surface area contributed by atoms with Crippen LogP contribution in [0.15, 0.2) is 41.3 Å². The van der Waals surface area contributed by atoms with Gasteiger partial charge in [0.1, 0.15) is 5.75 Å². The van der Waals surface area contributed by atoms with Crippen LogP contribution in [-0.4, -0.2) is 20.8 Å². The molecule has 0 fully saturated rings. The van der Waals surface area contributed by atoms with Gasteiger partial charge in [0.2, 0.25) is 0 Å². The molecule has 2 aromatic rings. The highest BCUT2D eigenvalue weighted by Crippen LogP contribution is 2.31. The van der Waals surface area contributed by atoms with Crippen molar-refractivity contribution in [2.45, 2.75) is 110 Å². The molecule has 3 nitrogen and oxygen atoms in total. The highest BCUT2D eigenvalue weighted by atomic mass is 32.2. The van der Waals surface area contributed by atoms with Gasteiger partial charge in [0, 0.05) is 0 Å². The second-order valence-corrected chi connectivity index (χ2v) is 11.8. The smallest absolute Gasteiger partial charge is 0.178 e. The Bertz CT molecular complexity index is 923. The van der Waals surface area contributed by atoms with E-state index in [2.05, 4.69) is 39.8 Å². The molecule has 0 saturated carbocycles. The molecular formula is C30H46O3S. The lowest BCUT2D eigenvalue weighted by Gasteiger charge is -2.15. The van der Waals surface area contributed by atoms with Crippen molar-refractivity contribution in [3.05, 3.63) is 47.5 Å². The summed E-state index contributed by atoms with van der Waals surface area (Å²) in [6.45, 7) is 9.34. The summed E-state index contributed by atoms with van der Waals surface area (Å²) in [7, 11) is -3.21. The van der Waals surface area contributed by atoms with Gasteiger partial charge in [0.15, 0.2) is 9.84 Å². The van der Waals surface area contributed by atoms with Crippen LogP contribution in [0, 0.1) is 13.8 Å². The number of unbranched alkanes of at least 4 members (excludes halogenated alkanes) is 10. The van der Waals surface area contributed by atoms with E-state index < -0.39 is 9.84 Å². The normalized spacial score (nSPS) is 11.6. The van der Waals surface area contributed by atoms with Crippen molar-refractivity contribution in [3.63, 3.8) is 0 Å². The van der Waals surface area contributed by atoms with Crippen LogP contribution in [-0.2, 0) is 9.84 Å². The van der Waals surface area contributed by atoms with Crippen molar-refractivity contribution >= 4 is 9.84 Å². The maximum absolute atomic E-state index is 12.6. The Hall–Kier alpha value is -1.81. The summed E-state index contributed by atoms with van der Waals surface area (Å²) >= 11 is 0. The van der Waals surface area contributed by atoms with Gasteiger partial charge in [-0.05, 0) is 73.2 Å². The van der Waals surface area contributed by atoms with Gasteiger partial charge in [-0.25, -0.2) is 8.42 Å². The lowest BCUT2D eigenvalue weighted by Crippen LogP contribution is -2.06. The molecule has 0 radical (unpaired) electrons. The van der Waals surface area contributed by atoms with E-state index in [4.69, 9.17) is 4.74 Å². The van der Waals surface area contributed by atoms with Crippen LogP contribution >= 0.6 is 0 Å². The minimum absolute atomic E-state index is 0.232. The lowest BCUT2D eigenvalue weighted by molar-refractivity contribution is 0.300. The van der Waals surface area contributed by atoms with E-state index in [1.807, 2.05) is 12.1 Å². The first-order valence-corrected chi connectivity index (χ1v) is 15.1. The van der Waals surface area contributed by atoms with Crippen molar-refractivity contribution in [2.75, 3.05) is 12.4 Å². The summed E-state index contributed by atoms with van der Waals surface area (Å²) < 4.78 is 31.4. The van der Waals surface area contributed by atoms with E-state index in [-0.39, 0.29) is 5.75 Å². The second-order valence-electron chi connectivity index (χ2n) is 9.67. The minimum Gasteiger partial charge on any atom is -0.493 e. The highest BCUT2D eigenvalue weighted by molar-refractivity contribution is 7.91. The number of hydrogen-bond donors (Lipinski definition) is 0. The molecule has 0 bridgehead atoms.